The molecule has 50 valence electrons. The molecule has 1 aliphatic rings. The SMILES string of the molecule is C#CC1COP(C)(=S)C1. The van der Waals surface area contributed by atoms with E-state index < -0.39 is 6.26 Å². The molecule has 1 heterocycles. The fourth-order valence-electron chi connectivity index (χ4n) is 0.854. The Balaban J connectivity index is 2.60. The van der Waals surface area contributed by atoms with E-state index in [0.717, 1.165) is 6.16 Å². The molecule has 2 atom stereocenters. The van der Waals surface area contributed by atoms with Crippen molar-refractivity contribution in [2.45, 2.75) is 0 Å². The summed E-state index contributed by atoms with van der Waals surface area (Å²) in [6.07, 6.45) is 4.70. The molecule has 0 aromatic carbocycles. The zero-order valence-electron chi connectivity index (χ0n) is 5.33. The normalized spacial score (nSPS) is 42.4. The molecule has 0 saturated carbocycles. The van der Waals surface area contributed by atoms with Gasteiger partial charge in [-0.1, -0.05) is 11.8 Å². The lowest BCUT2D eigenvalue weighted by Crippen LogP contribution is -1.96. The van der Waals surface area contributed by atoms with Gasteiger partial charge in [-0.25, -0.2) is 0 Å². The molecule has 0 aromatic rings. The molecule has 0 bridgehead atoms. The van der Waals surface area contributed by atoms with Crippen molar-refractivity contribution in [1.82, 2.24) is 0 Å². The minimum Gasteiger partial charge on any atom is -0.350 e. The van der Waals surface area contributed by atoms with Gasteiger partial charge in [-0.15, -0.1) is 12.3 Å². The summed E-state index contributed by atoms with van der Waals surface area (Å²) in [5.41, 5.74) is 0. The molecule has 1 saturated heterocycles. The first-order valence-electron chi connectivity index (χ1n) is 2.81. The minimum absolute atomic E-state index is 0.292. The first-order valence-corrected chi connectivity index (χ1v) is 6.16. The van der Waals surface area contributed by atoms with E-state index in [1.165, 1.54) is 0 Å². The fourth-order valence-corrected chi connectivity index (χ4v) is 3.19. The Morgan fingerprint density at radius 1 is 1.89 bits per heavy atom. The van der Waals surface area contributed by atoms with Gasteiger partial charge in [0.25, 0.3) is 0 Å². The van der Waals surface area contributed by atoms with Gasteiger partial charge in [-0.05, 0) is 6.66 Å². The van der Waals surface area contributed by atoms with Crippen LogP contribution in [0.3, 0.4) is 0 Å². The summed E-state index contributed by atoms with van der Waals surface area (Å²) >= 11 is 5.15. The lowest BCUT2D eigenvalue weighted by atomic mass is 10.2. The van der Waals surface area contributed by atoms with E-state index >= 15 is 0 Å². The Bertz CT molecular complexity index is 194. The first kappa shape index (κ1) is 7.28. The van der Waals surface area contributed by atoms with Crippen LogP contribution in [0.5, 0.6) is 0 Å². The minimum atomic E-state index is -1.43. The van der Waals surface area contributed by atoms with Crippen LogP contribution in [-0.2, 0) is 16.3 Å². The number of terminal acetylenes is 1. The van der Waals surface area contributed by atoms with E-state index in [4.69, 9.17) is 22.8 Å². The molecule has 1 rings (SSSR count). The Kier molecular flexibility index (Phi) is 1.96. The second-order valence-corrected chi connectivity index (χ2v) is 7.32. The highest BCUT2D eigenvalue weighted by atomic mass is 32.4. The molecule has 0 aliphatic carbocycles. The third-order valence-electron chi connectivity index (χ3n) is 1.34. The van der Waals surface area contributed by atoms with Crippen LogP contribution >= 0.6 is 6.26 Å². The lowest BCUT2D eigenvalue weighted by molar-refractivity contribution is 0.361. The lowest BCUT2D eigenvalue weighted by Gasteiger charge is -2.03. The summed E-state index contributed by atoms with van der Waals surface area (Å²) < 4.78 is 5.33. The molecule has 0 N–H and O–H groups in total. The van der Waals surface area contributed by atoms with E-state index in [9.17, 15) is 0 Å². The van der Waals surface area contributed by atoms with Crippen LogP contribution in [0.15, 0.2) is 0 Å². The topological polar surface area (TPSA) is 9.23 Å². The highest BCUT2D eigenvalue weighted by Crippen LogP contribution is 2.50. The van der Waals surface area contributed by atoms with Crippen LogP contribution in [-0.4, -0.2) is 19.4 Å². The van der Waals surface area contributed by atoms with Crippen LogP contribution in [0.1, 0.15) is 0 Å². The molecule has 0 spiro atoms. The Morgan fingerprint density at radius 2 is 2.56 bits per heavy atom. The van der Waals surface area contributed by atoms with Crippen LogP contribution in [0.4, 0.5) is 0 Å². The van der Waals surface area contributed by atoms with Gasteiger partial charge in [0.05, 0.1) is 18.8 Å². The van der Waals surface area contributed by atoms with Crippen LogP contribution in [0.2, 0.25) is 0 Å². The first-order chi connectivity index (χ1) is 4.14. The van der Waals surface area contributed by atoms with Crippen molar-refractivity contribution >= 4 is 18.1 Å². The maximum atomic E-state index is 5.33. The molecule has 1 fully saturated rings. The summed E-state index contributed by atoms with van der Waals surface area (Å²) in [6, 6.07) is 0. The van der Waals surface area contributed by atoms with E-state index in [2.05, 4.69) is 5.92 Å². The van der Waals surface area contributed by atoms with Crippen molar-refractivity contribution < 1.29 is 4.52 Å². The summed E-state index contributed by atoms with van der Waals surface area (Å²) in [5.74, 6) is 2.95. The van der Waals surface area contributed by atoms with Crippen molar-refractivity contribution in [2.75, 3.05) is 19.4 Å². The molecule has 3 heteroatoms. The van der Waals surface area contributed by atoms with E-state index in [1.807, 2.05) is 6.66 Å². The van der Waals surface area contributed by atoms with Gasteiger partial charge in [0.2, 0.25) is 0 Å². The van der Waals surface area contributed by atoms with Crippen molar-refractivity contribution in [3.8, 4) is 12.3 Å². The Morgan fingerprint density at radius 3 is 2.78 bits per heavy atom. The highest BCUT2D eigenvalue weighted by molar-refractivity contribution is 8.12. The average molecular weight is 160 g/mol. The van der Waals surface area contributed by atoms with Crippen LogP contribution in [0.25, 0.3) is 0 Å². The molecule has 2 unspecified atom stereocenters. The third kappa shape index (κ3) is 1.79. The summed E-state index contributed by atoms with van der Waals surface area (Å²) in [7, 11) is 0. The molecule has 0 radical (unpaired) electrons. The van der Waals surface area contributed by atoms with Gasteiger partial charge in [0.15, 0.2) is 0 Å². The van der Waals surface area contributed by atoms with Gasteiger partial charge in [0.1, 0.15) is 0 Å². The number of hydrogen-bond acceptors (Lipinski definition) is 2. The average Bonchev–Trinajstić information content (AvgIpc) is 2.10. The van der Waals surface area contributed by atoms with E-state index in [0.29, 0.717) is 12.5 Å². The van der Waals surface area contributed by atoms with E-state index in [-0.39, 0.29) is 0 Å². The summed E-state index contributed by atoms with van der Waals surface area (Å²) in [6.45, 7) is 2.68. The van der Waals surface area contributed by atoms with Crippen LogP contribution < -0.4 is 0 Å². The molecular weight excluding hydrogens is 151 g/mol. The molecule has 0 aromatic heterocycles. The second-order valence-electron chi connectivity index (χ2n) is 2.36. The third-order valence-corrected chi connectivity index (χ3v) is 3.90. The van der Waals surface area contributed by atoms with Gasteiger partial charge in [-0.3, -0.25) is 0 Å². The Labute approximate surface area is 60.9 Å². The maximum Gasteiger partial charge on any atom is 0.0660 e. The van der Waals surface area contributed by atoms with Gasteiger partial charge < -0.3 is 4.52 Å². The smallest absolute Gasteiger partial charge is 0.0660 e. The van der Waals surface area contributed by atoms with Gasteiger partial charge in [0, 0.05) is 6.16 Å². The predicted molar refractivity (Wildman–Crippen MR) is 43.4 cm³/mol. The van der Waals surface area contributed by atoms with Gasteiger partial charge in [-0.2, -0.15) is 0 Å². The monoisotopic (exact) mass is 160 g/mol. The van der Waals surface area contributed by atoms with Crippen LogP contribution in [0, 0.1) is 18.3 Å². The molecule has 1 nitrogen and oxygen atoms in total. The van der Waals surface area contributed by atoms with Gasteiger partial charge >= 0.3 is 0 Å². The zero-order valence-corrected chi connectivity index (χ0v) is 7.04. The summed E-state index contributed by atoms with van der Waals surface area (Å²) in [4.78, 5) is 0. The number of rotatable bonds is 0. The maximum absolute atomic E-state index is 5.33. The Hall–Kier alpha value is 0.170. The van der Waals surface area contributed by atoms with Crippen molar-refractivity contribution in [1.29, 1.82) is 0 Å². The van der Waals surface area contributed by atoms with Crippen molar-refractivity contribution in [2.24, 2.45) is 5.92 Å². The van der Waals surface area contributed by atoms with E-state index in [1.54, 1.807) is 0 Å². The summed E-state index contributed by atoms with van der Waals surface area (Å²) in [5, 5.41) is 0. The molecular formula is C6H9OPS. The zero-order chi connectivity index (χ0) is 6.91. The van der Waals surface area contributed by atoms with Crippen molar-refractivity contribution in [3.63, 3.8) is 0 Å². The molecule has 0 amide bonds. The molecule has 9 heavy (non-hydrogen) atoms. The second kappa shape index (κ2) is 2.42. The fraction of sp³-hybridized carbons (Fsp3) is 0.667. The quantitative estimate of drug-likeness (QED) is 0.390. The van der Waals surface area contributed by atoms with Crippen molar-refractivity contribution in [3.05, 3.63) is 0 Å². The number of hydrogen-bond donors (Lipinski definition) is 0. The largest absolute Gasteiger partial charge is 0.350 e. The molecule has 1 aliphatic heterocycles. The highest BCUT2D eigenvalue weighted by Gasteiger charge is 2.25. The predicted octanol–water partition coefficient (Wildman–Crippen LogP) is 1.29. The standard InChI is InChI=1S/C6H9OPS/c1-3-6-4-7-8(2,9)5-6/h1,6H,4-5H2,2H3.